The van der Waals surface area contributed by atoms with E-state index in [0.717, 1.165) is 12.1 Å². The van der Waals surface area contributed by atoms with Gasteiger partial charge < -0.3 is 5.32 Å². The Morgan fingerprint density at radius 2 is 1.72 bits per heavy atom. The molecule has 1 fully saturated rings. The summed E-state index contributed by atoms with van der Waals surface area (Å²) in [6.07, 6.45) is -3.98. The van der Waals surface area contributed by atoms with Gasteiger partial charge in [-0.3, -0.25) is 0 Å². The van der Waals surface area contributed by atoms with Gasteiger partial charge in [-0.25, -0.2) is 4.39 Å². The molecule has 1 aromatic rings. The molecule has 6 heteroatoms. The van der Waals surface area contributed by atoms with Crippen molar-refractivity contribution in [1.29, 1.82) is 0 Å². The van der Waals surface area contributed by atoms with Crippen LogP contribution in [0.15, 0.2) is 24.3 Å². The summed E-state index contributed by atoms with van der Waals surface area (Å²) >= 11 is 0. The van der Waals surface area contributed by atoms with Crippen molar-refractivity contribution in [3.8, 4) is 0 Å². The lowest BCUT2D eigenvalue weighted by atomic mass is 9.86. The van der Waals surface area contributed by atoms with Crippen molar-refractivity contribution in [1.82, 2.24) is 5.32 Å². The zero-order valence-electron chi connectivity index (χ0n) is 9.56. The predicted octanol–water partition coefficient (Wildman–Crippen LogP) is 3.68. The lowest BCUT2D eigenvalue weighted by molar-refractivity contribution is -0.137. The Hall–Kier alpha value is -0.810. The van der Waals surface area contributed by atoms with Crippen molar-refractivity contribution in [2.45, 2.75) is 24.7 Å². The van der Waals surface area contributed by atoms with Crippen LogP contribution in [0.4, 0.5) is 17.6 Å². The molecule has 1 saturated heterocycles. The second kappa shape index (κ2) is 5.45. The Morgan fingerprint density at radius 3 is 2.28 bits per heavy atom. The van der Waals surface area contributed by atoms with Gasteiger partial charge in [0.2, 0.25) is 0 Å². The summed E-state index contributed by atoms with van der Waals surface area (Å²) in [6.45, 7) is 0.986. The topological polar surface area (TPSA) is 12.0 Å². The molecule has 1 heterocycles. The fourth-order valence-electron chi connectivity index (χ4n) is 2.09. The first-order chi connectivity index (χ1) is 7.92. The Kier molecular flexibility index (Phi) is 4.61. The van der Waals surface area contributed by atoms with E-state index >= 15 is 0 Å². The summed E-state index contributed by atoms with van der Waals surface area (Å²) < 4.78 is 52.0. The first-order valence-electron chi connectivity index (χ1n) is 5.49. The molecule has 0 amide bonds. The largest absolute Gasteiger partial charge is 0.416 e. The van der Waals surface area contributed by atoms with Crippen LogP contribution in [0.3, 0.4) is 0 Å². The molecule has 0 saturated carbocycles. The molecule has 0 aliphatic carbocycles. The van der Waals surface area contributed by atoms with E-state index in [1.54, 1.807) is 0 Å². The van der Waals surface area contributed by atoms with Gasteiger partial charge >= 0.3 is 6.18 Å². The minimum Gasteiger partial charge on any atom is -0.316 e. The summed E-state index contributed by atoms with van der Waals surface area (Å²) in [7, 11) is 0. The molecule has 1 aromatic carbocycles. The second-order valence-corrected chi connectivity index (χ2v) is 4.29. The zero-order chi connectivity index (χ0) is 12.5. The third-order valence-electron chi connectivity index (χ3n) is 3.10. The Labute approximate surface area is 109 Å². The van der Waals surface area contributed by atoms with Gasteiger partial charge in [-0.15, -0.1) is 12.4 Å². The number of hydrogen-bond donors (Lipinski definition) is 1. The first kappa shape index (κ1) is 15.2. The van der Waals surface area contributed by atoms with Crippen LogP contribution in [0.25, 0.3) is 0 Å². The molecule has 102 valence electrons. The fraction of sp³-hybridized carbons (Fsp3) is 0.500. The van der Waals surface area contributed by atoms with Crippen molar-refractivity contribution in [2.75, 3.05) is 13.1 Å². The van der Waals surface area contributed by atoms with E-state index < -0.39 is 17.4 Å². The third kappa shape index (κ3) is 3.14. The monoisotopic (exact) mass is 283 g/mol. The third-order valence-corrected chi connectivity index (χ3v) is 3.10. The quantitative estimate of drug-likeness (QED) is 0.776. The SMILES string of the molecule is Cl.FC(F)(F)c1cccc(C2(F)CCNCC2)c1. The summed E-state index contributed by atoms with van der Waals surface area (Å²) in [6, 6.07) is 4.58. The highest BCUT2D eigenvalue weighted by Gasteiger charge is 2.36. The smallest absolute Gasteiger partial charge is 0.316 e. The molecule has 1 nitrogen and oxygen atoms in total. The second-order valence-electron chi connectivity index (χ2n) is 4.29. The molecule has 2 rings (SSSR count). The number of rotatable bonds is 1. The summed E-state index contributed by atoms with van der Waals surface area (Å²) in [5.41, 5.74) is -2.29. The number of nitrogens with one attached hydrogen (secondary N) is 1. The Bertz CT molecular complexity index is 399. The molecule has 18 heavy (non-hydrogen) atoms. The molecule has 0 unspecified atom stereocenters. The Morgan fingerprint density at radius 1 is 1.11 bits per heavy atom. The minimum atomic E-state index is -4.42. The van der Waals surface area contributed by atoms with Crippen LogP contribution < -0.4 is 5.32 Å². The van der Waals surface area contributed by atoms with Gasteiger partial charge in [-0.05, 0) is 43.6 Å². The van der Waals surface area contributed by atoms with Crippen LogP contribution in [0.5, 0.6) is 0 Å². The normalized spacial score (nSPS) is 19.1. The molecule has 0 radical (unpaired) electrons. The van der Waals surface area contributed by atoms with Crippen molar-refractivity contribution < 1.29 is 17.6 Å². The van der Waals surface area contributed by atoms with Crippen LogP contribution in [-0.2, 0) is 11.8 Å². The number of halogens is 5. The van der Waals surface area contributed by atoms with Crippen LogP contribution in [0, 0.1) is 0 Å². The van der Waals surface area contributed by atoms with Gasteiger partial charge in [0.1, 0.15) is 5.67 Å². The van der Waals surface area contributed by atoms with E-state index in [0.29, 0.717) is 13.1 Å². The van der Waals surface area contributed by atoms with E-state index in [9.17, 15) is 17.6 Å². The lowest BCUT2D eigenvalue weighted by Gasteiger charge is -2.30. The van der Waals surface area contributed by atoms with Gasteiger partial charge in [0.05, 0.1) is 5.56 Å². The lowest BCUT2D eigenvalue weighted by Crippen LogP contribution is -2.36. The molecule has 0 aromatic heterocycles. The Balaban J connectivity index is 0.00000162. The van der Waals surface area contributed by atoms with E-state index in [-0.39, 0.29) is 30.8 Å². The molecule has 1 N–H and O–H groups in total. The maximum absolute atomic E-state index is 14.5. The summed E-state index contributed by atoms with van der Waals surface area (Å²) in [5, 5.41) is 2.99. The summed E-state index contributed by atoms with van der Waals surface area (Å²) in [5.74, 6) is 0. The van der Waals surface area contributed by atoms with Gasteiger partial charge in [-0.2, -0.15) is 13.2 Å². The molecule has 0 bridgehead atoms. The zero-order valence-corrected chi connectivity index (χ0v) is 10.4. The number of piperidine rings is 1. The van der Waals surface area contributed by atoms with Crippen LogP contribution in [0.2, 0.25) is 0 Å². The first-order valence-corrected chi connectivity index (χ1v) is 5.49. The maximum atomic E-state index is 14.5. The number of hydrogen-bond acceptors (Lipinski definition) is 1. The average molecular weight is 284 g/mol. The number of alkyl halides is 4. The van der Waals surface area contributed by atoms with Crippen molar-refractivity contribution >= 4 is 12.4 Å². The van der Waals surface area contributed by atoms with E-state index in [1.165, 1.54) is 12.1 Å². The molecular weight excluding hydrogens is 270 g/mol. The highest BCUT2D eigenvalue weighted by atomic mass is 35.5. The van der Waals surface area contributed by atoms with E-state index in [4.69, 9.17) is 0 Å². The van der Waals surface area contributed by atoms with Crippen molar-refractivity contribution in [2.24, 2.45) is 0 Å². The van der Waals surface area contributed by atoms with Crippen molar-refractivity contribution in [3.63, 3.8) is 0 Å². The fourth-order valence-corrected chi connectivity index (χ4v) is 2.09. The standard InChI is InChI=1S/C12H13F4N.ClH/c13-11(4-6-17-7-5-11)9-2-1-3-10(8-9)12(14,15)16;/h1-3,8,17H,4-7H2;1H. The predicted molar refractivity (Wildman–Crippen MR) is 63.6 cm³/mol. The minimum absolute atomic E-state index is 0. The molecule has 0 atom stereocenters. The molecular formula is C12H14ClF4N. The highest BCUT2D eigenvalue weighted by molar-refractivity contribution is 5.85. The maximum Gasteiger partial charge on any atom is 0.416 e. The summed E-state index contributed by atoms with van der Waals surface area (Å²) in [4.78, 5) is 0. The van der Waals surface area contributed by atoms with Crippen molar-refractivity contribution in [3.05, 3.63) is 35.4 Å². The number of benzene rings is 1. The van der Waals surface area contributed by atoms with E-state index in [1.807, 2.05) is 0 Å². The van der Waals surface area contributed by atoms with Crippen LogP contribution >= 0.6 is 12.4 Å². The highest BCUT2D eigenvalue weighted by Crippen LogP contribution is 2.38. The average Bonchev–Trinajstić information content (AvgIpc) is 2.29. The van der Waals surface area contributed by atoms with Gasteiger partial charge in [0, 0.05) is 0 Å². The molecule has 1 aliphatic rings. The van der Waals surface area contributed by atoms with Gasteiger partial charge in [0.15, 0.2) is 0 Å². The van der Waals surface area contributed by atoms with Gasteiger partial charge in [-0.1, -0.05) is 12.1 Å². The van der Waals surface area contributed by atoms with E-state index in [2.05, 4.69) is 5.32 Å². The molecule has 1 aliphatic heterocycles. The van der Waals surface area contributed by atoms with Crippen LogP contribution in [-0.4, -0.2) is 13.1 Å². The van der Waals surface area contributed by atoms with Gasteiger partial charge in [0.25, 0.3) is 0 Å². The van der Waals surface area contributed by atoms with Crippen LogP contribution in [0.1, 0.15) is 24.0 Å². The molecule has 0 spiro atoms.